The summed E-state index contributed by atoms with van der Waals surface area (Å²) < 4.78 is 0. The number of hydrogen-bond acceptors (Lipinski definition) is 3. The summed E-state index contributed by atoms with van der Waals surface area (Å²) in [6.45, 7) is 0.839. The Morgan fingerprint density at radius 3 is 2.45 bits per heavy atom. The molecule has 3 aromatic carbocycles. The van der Waals surface area contributed by atoms with E-state index in [-0.39, 0.29) is 0 Å². The van der Waals surface area contributed by atoms with Gasteiger partial charge in [0.05, 0.1) is 17.1 Å². The Labute approximate surface area is 129 Å². The van der Waals surface area contributed by atoms with E-state index < -0.39 is 0 Å². The van der Waals surface area contributed by atoms with E-state index in [1.165, 1.54) is 0 Å². The highest BCUT2D eigenvalue weighted by atomic mass is 14.9. The predicted molar refractivity (Wildman–Crippen MR) is 95.6 cm³/mol. The number of nitrogen functional groups attached to an aromatic ring is 1. The second kappa shape index (κ2) is 5.11. The minimum absolute atomic E-state index is 0.784. The number of para-hydroxylation sites is 1. The van der Waals surface area contributed by atoms with Crippen molar-refractivity contribution in [2.75, 3.05) is 22.9 Å². The van der Waals surface area contributed by atoms with Crippen LogP contribution in [-0.4, -0.2) is 6.54 Å². The first-order chi connectivity index (χ1) is 10.8. The molecule has 4 rings (SSSR count). The molecule has 22 heavy (non-hydrogen) atoms. The maximum absolute atomic E-state index is 6.47. The SMILES string of the molecule is Nc1c(Nc2ccccc2)c2c(c3ccccc13)NCC=C2. The fourth-order valence-electron chi connectivity index (χ4n) is 2.98. The number of benzene rings is 3. The fourth-order valence-corrected chi connectivity index (χ4v) is 2.98. The second-order valence-electron chi connectivity index (χ2n) is 5.40. The maximum atomic E-state index is 6.47. The third kappa shape index (κ3) is 1.99. The number of anilines is 4. The van der Waals surface area contributed by atoms with Gasteiger partial charge in [-0.3, -0.25) is 0 Å². The molecular weight excluding hydrogens is 270 g/mol. The van der Waals surface area contributed by atoms with Crippen LogP contribution in [-0.2, 0) is 0 Å². The molecule has 1 aliphatic rings. The van der Waals surface area contributed by atoms with Gasteiger partial charge in [0, 0.05) is 28.6 Å². The van der Waals surface area contributed by atoms with Crippen molar-refractivity contribution in [1.29, 1.82) is 0 Å². The fraction of sp³-hybridized carbons (Fsp3) is 0.0526. The molecule has 0 spiro atoms. The van der Waals surface area contributed by atoms with Gasteiger partial charge in [-0.2, -0.15) is 0 Å². The van der Waals surface area contributed by atoms with E-state index >= 15 is 0 Å². The van der Waals surface area contributed by atoms with Crippen LogP contribution in [0.15, 0.2) is 60.7 Å². The van der Waals surface area contributed by atoms with E-state index in [0.29, 0.717) is 0 Å². The highest BCUT2D eigenvalue weighted by molar-refractivity contribution is 6.11. The summed E-state index contributed by atoms with van der Waals surface area (Å²) in [4.78, 5) is 0. The van der Waals surface area contributed by atoms with Crippen LogP contribution in [0.2, 0.25) is 0 Å². The second-order valence-corrected chi connectivity index (χ2v) is 5.40. The third-order valence-corrected chi connectivity index (χ3v) is 4.02. The minimum Gasteiger partial charge on any atom is -0.397 e. The van der Waals surface area contributed by atoms with E-state index in [1.807, 2.05) is 42.5 Å². The Hall–Kier alpha value is -2.94. The lowest BCUT2D eigenvalue weighted by atomic mass is 9.97. The lowest BCUT2D eigenvalue weighted by molar-refractivity contribution is 1.32. The Bertz CT molecular complexity index is 867. The highest BCUT2D eigenvalue weighted by Crippen LogP contribution is 2.42. The molecule has 0 aromatic heterocycles. The van der Waals surface area contributed by atoms with Crippen molar-refractivity contribution >= 4 is 39.6 Å². The van der Waals surface area contributed by atoms with Crippen LogP contribution in [0.5, 0.6) is 0 Å². The molecule has 3 aromatic rings. The van der Waals surface area contributed by atoms with Gasteiger partial charge in [0.25, 0.3) is 0 Å². The van der Waals surface area contributed by atoms with Gasteiger partial charge in [-0.05, 0) is 12.1 Å². The van der Waals surface area contributed by atoms with Crippen molar-refractivity contribution in [1.82, 2.24) is 0 Å². The Morgan fingerprint density at radius 2 is 1.64 bits per heavy atom. The van der Waals surface area contributed by atoms with Gasteiger partial charge < -0.3 is 16.4 Å². The number of rotatable bonds is 2. The molecule has 0 unspecified atom stereocenters. The molecule has 0 fully saturated rings. The first-order valence-electron chi connectivity index (χ1n) is 7.41. The lowest BCUT2D eigenvalue weighted by Crippen LogP contribution is -2.09. The van der Waals surface area contributed by atoms with Gasteiger partial charge in [-0.25, -0.2) is 0 Å². The summed E-state index contributed by atoms with van der Waals surface area (Å²) in [5, 5.41) is 9.19. The molecule has 1 aliphatic heterocycles. The van der Waals surface area contributed by atoms with Crippen LogP contribution in [0, 0.1) is 0 Å². The molecule has 0 amide bonds. The molecule has 1 heterocycles. The van der Waals surface area contributed by atoms with E-state index in [2.05, 4.69) is 34.9 Å². The molecular formula is C19H17N3. The van der Waals surface area contributed by atoms with E-state index in [9.17, 15) is 0 Å². The van der Waals surface area contributed by atoms with E-state index in [4.69, 9.17) is 5.73 Å². The number of hydrogen-bond donors (Lipinski definition) is 3. The van der Waals surface area contributed by atoms with Crippen LogP contribution < -0.4 is 16.4 Å². The van der Waals surface area contributed by atoms with Crippen molar-refractivity contribution < 1.29 is 0 Å². The first-order valence-corrected chi connectivity index (χ1v) is 7.41. The Morgan fingerprint density at radius 1 is 0.909 bits per heavy atom. The summed E-state index contributed by atoms with van der Waals surface area (Å²) >= 11 is 0. The normalized spacial score (nSPS) is 12.7. The molecule has 3 heteroatoms. The van der Waals surface area contributed by atoms with Crippen molar-refractivity contribution in [3.8, 4) is 0 Å². The quantitative estimate of drug-likeness (QED) is 0.477. The summed E-state index contributed by atoms with van der Waals surface area (Å²) in [5.74, 6) is 0. The van der Waals surface area contributed by atoms with Gasteiger partial charge in [0.2, 0.25) is 0 Å². The molecule has 0 bridgehead atoms. The average molecular weight is 287 g/mol. The Kier molecular flexibility index (Phi) is 2.97. The van der Waals surface area contributed by atoms with Crippen molar-refractivity contribution in [3.63, 3.8) is 0 Å². The van der Waals surface area contributed by atoms with Crippen LogP contribution in [0.3, 0.4) is 0 Å². The van der Waals surface area contributed by atoms with Gasteiger partial charge in [-0.15, -0.1) is 0 Å². The van der Waals surface area contributed by atoms with Gasteiger partial charge >= 0.3 is 0 Å². The molecule has 4 N–H and O–H groups in total. The summed E-state index contributed by atoms with van der Waals surface area (Å²) in [6, 6.07) is 18.4. The molecule has 0 atom stereocenters. The smallest absolute Gasteiger partial charge is 0.0718 e. The molecule has 0 saturated heterocycles. The summed E-state index contributed by atoms with van der Waals surface area (Å²) in [6.07, 6.45) is 4.26. The average Bonchev–Trinajstić information content (AvgIpc) is 2.59. The summed E-state index contributed by atoms with van der Waals surface area (Å²) in [5.41, 5.74) is 11.5. The number of fused-ring (bicyclic) bond motifs is 3. The van der Waals surface area contributed by atoms with Crippen molar-refractivity contribution in [3.05, 3.63) is 66.2 Å². The van der Waals surface area contributed by atoms with Gasteiger partial charge in [0.15, 0.2) is 0 Å². The zero-order chi connectivity index (χ0) is 14.9. The van der Waals surface area contributed by atoms with Gasteiger partial charge in [0.1, 0.15) is 0 Å². The monoisotopic (exact) mass is 287 g/mol. The van der Waals surface area contributed by atoms with Crippen LogP contribution in [0.1, 0.15) is 5.56 Å². The molecule has 0 aliphatic carbocycles. The Balaban J connectivity index is 1.98. The first kappa shape index (κ1) is 12.8. The topological polar surface area (TPSA) is 50.1 Å². The lowest BCUT2D eigenvalue weighted by Gasteiger charge is -2.22. The van der Waals surface area contributed by atoms with Crippen LogP contribution in [0.25, 0.3) is 16.8 Å². The van der Waals surface area contributed by atoms with Crippen molar-refractivity contribution in [2.24, 2.45) is 0 Å². The number of nitrogens with one attached hydrogen (secondary N) is 2. The highest BCUT2D eigenvalue weighted by Gasteiger charge is 2.17. The summed E-state index contributed by atoms with van der Waals surface area (Å²) in [7, 11) is 0. The standard InChI is InChI=1S/C19H17N3/c20-17-14-9-4-5-10-15(14)18-16(11-6-12-21-18)19(17)22-13-7-2-1-3-8-13/h1-11,21-22H,12,20H2. The van der Waals surface area contributed by atoms with E-state index in [0.717, 1.165) is 45.6 Å². The maximum Gasteiger partial charge on any atom is 0.0718 e. The zero-order valence-corrected chi connectivity index (χ0v) is 12.1. The zero-order valence-electron chi connectivity index (χ0n) is 12.1. The largest absolute Gasteiger partial charge is 0.397 e. The van der Waals surface area contributed by atoms with E-state index in [1.54, 1.807) is 0 Å². The molecule has 0 saturated carbocycles. The van der Waals surface area contributed by atoms with Crippen LogP contribution >= 0.6 is 0 Å². The molecule has 3 nitrogen and oxygen atoms in total. The molecule has 108 valence electrons. The minimum atomic E-state index is 0.784. The molecule has 0 radical (unpaired) electrons. The third-order valence-electron chi connectivity index (χ3n) is 4.02. The number of nitrogens with two attached hydrogens (primary N) is 1. The van der Waals surface area contributed by atoms with Crippen molar-refractivity contribution in [2.45, 2.75) is 0 Å². The predicted octanol–water partition coefficient (Wildman–Crippen LogP) is 4.60. The van der Waals surface area contributed by atoms with Gasteiger partial charge in [-0.1, -0.05) is 54.6 Å². The van der Waals surface area contributed by atoms with Crippen LogP contribution in [0.4, 0.5) is 22.7 Å².